The fourth-order valence-corrected chi connectivity index (χ4v) is 2.24. The van der Waals surface area contributed by atoms with Crippen molar-refractivity contribution in [2.45, 2.75) is 13.0 Å². The molecule has 2 heterocycles. The minimum absolute atomic E-state index is 0.0713. The van der Waals surface area contributed by atoms with Gasteiger partial charge in [-0.3, -0.25) is 0 Å². The molecule has 0 spiro atoms. The van der Waals surface area contributed by atoms with Crippen molar-refractivity contribution in [3.8, 4) is 6.07 Å². The Balaban J connectivity index is 1.89. The van der Waals surface area contributed by atoms with Crippen LogP contribution in [0.3, 0.4) is 0 Å². The van der Waals surface area contributed by atoms with E-state index in [0.717, 1.165) is 5.52 Å². The summed E-state index contributed by atoms with van der Waals surface area (Å²) in [6.45, 7) is 1.48. The van der Waals surface area contributed by atoms with Crippen LogP contribution in [0.25, 0.3) is 16.6 Å². The Morgan fingerprint density at radius 2 is 2.12 bits per heavy atom. The molecule has 0 radical (unpaired) electrons. The zero-order valence-electron chi connectivity index (χ0n) is 12.8. The van der Waals surface area contributed by atoms with Crippen LogP contribution in [0.2, 0.25) is 0 Å². The van der Waals surface area contributed by atoms with Crippen molar-refractivity contribution >= 4 is 22.6 Å². The fraction of sp³-hybridized carbons (Fsp3) is 0.118. The van der Waals surface area contributed by atoms with Crippen LogP contribution in [-0.4, -0.2) is 32.1 Å². The molecule has 0 aliphatic heterocycles. The minimum Gasteiger partial charge on any atom is -0.507 e. The summed E-state index contributed by atoms with van der Waals surface area (Å²) < 4.78 is 5.16. The number of nitrogens with one attached hydrogen (secondary N) is 2. The molecule has 7 nitrogen and oxygen atoms in total. The number of imidazole rings is 1. The molecule has 0 aliphatic carbocycles. The number of ether oxygens (including phenoxy) is 1. The van der Waals surface area contributed by atoms with Crippen LogP contribution in [-0.2, 0) is 4.74 Å². The normalized spacial score (nSPS) is 13.2. The maximum atomic E-state index is 11.9. The summed E-state index contributed by atoms with van der Waals surface area (Å²) in [7, 11) is 0. The number of H-pyrrole nitrogens is 2. The smallest absolute Gasteiger partial charge is 0.355 e. The molecule has 3 N–H and O–H groups in total. The Bertz CT molecular complexity index is 915. The topological polar surface area (TPSA) is 115 Å². The van der Waals surface area contributed by atoms with Gasteiger partial charge in [0.05, 0.1) is 11.0 Å². The SMILES string of the molecule is C[C@@H](OC(=O)c1ccc[nH]1)/C(O)=C(\C#N)c1nc2ccccc2[nH]1. The van der Waals surface area contributed by atoms with Gasteiger partial charge in [-0.05, 0) is 31.2 Å². The summed E-state index contributed by atoms with van der Waals surface area (Å²) in [5, 5.41) is 19.7. The number of aromatic nitrogens is 3. The van der Waals surface area contributed by atoms with Gasteiger partial charge in [-0.25, -0.2) is 9.78 Å². The molecule has 0 bridgehead atoms. The third kappa shape index (κ3) is 2.85. The molecular formula is C17H14N4O3. The maximum Gasteiger partial charge on any atom is 0.355 e. The molecule has 0 unspecified atom stereocenters. The number of carbonyl (C=O) groups is 1. The lowest BCUT2D eigenvalue weighted by atomic mass is 10.1. The number of para-hydroxylation sites is 2. The van der Waals surface area contributed by atoms with E-state index >= 15 is 0 Å². The average Bonchev–Trinajstić information content (AvgIpc) is 3.24. The predicted molar refractivity (Wildman–Crippen MR) is 86.9 cm³/mol. The highest BCUT2D eigenvalue weighted by Gasteiger charge is 2.22. The fourth-order valence-electron chi connectivity index (χ4n) is 2.24. The zero-order chi connectivity index (χ0) is 17.1. The molecule has 2 aromatic heterocycles. The Morgan fingerprint density at radius 3 is 2.79 bits per heavy atom. The summed E-state index contributed by atoms with van der Waals surface area (Å²) in [5.74, 6) is -0.767. The molecule has 0 saturated heterocycles. The Labute approximate surface area is 137 Å². The summed E-state index contributed by atoms with van der Waals surface area (Å²) in [6, 6.07) is 12.4. The van der Waals surface area contributed by atoms with Gasteiger partial charge in [-0.1, -0.05) is 12.1 Å². The van der Waals surface area contributed by atoms with Gasteiger partial charge in [0.15, 0.2) is 17.7 Å². The Hall–Kier alpha value is -3.53. The number of aliphatic hydroxyl groups is 1. The van der Waals surface area contributed by atoms with Gasteiger partial charge in [0.1, 0.15) is 17.3 Å². The molecule has 24 heavy (non-hydrogen) atoms. The number of hydrogen-bond acceptors (Lipinski definition) is 5. The van der Waals surface area contributed by atoms with E-state index in [0.29, 0.717) is 5.52 Å². The van der Waals surface area contributed by atoms with E-state index in [1.54, 1.807) is 24.4 Å². The second-order valence-electron chi connectivity index (χ2n) is 5.11. The second-order valence-corrected chi connectivity index (χ2v) is 5.11. The first-order chi connectivity index (χ1) is 11.6. The Morgan fingerprint density at radius 1 is 1.33 bits per heavy atom. The van der Waals surface area contributed by atoms with E-state index < -0.39 is 12.1 Å². The van der Waals surface area contributed by atoms with Crippen molar-refractivity contribution in [3.63, 3.8) is 0 Å². The molecule has 0 aliphatic rings. The Kier molecular flexibility index (Phi) is 4.03. The van der Waals surface area contributed by atoms with Crippen LogP contribution in [0, 0.1) is 11.3 Å². The highest BCUT2D eigenvalue weighted by molar-refractivity contribution is 5.88. The molecule has 0 amide bonds. The van der Waals surface area contributed by atoms with Gasteiger partial charge in [0.25, 0.3) is 0 Å². The third-order valence-electron chi connectivity index (χ3n) is 3.48. The number of nitriles is 1. The molecule has 0 saturated carbocycles. The van der Waals surface area contributed by atoms with E-state index in [-0.39, 0.29) is 22.9 Å². The number of rotatable bonds is 4. The van der Waals surface area contributed by atoms with Crippen molar-refractivity contribution in [1.82, 2.24) is 15.0 Å². The van der Waals surface area contributed by atoms with E-state index in [4.69, 9.17) is 4.74 Å². The number of esters is 1. The molecule has 3 aromatic rings. The lowest BCUT2D eigenvalue weighted by Crippen LogP contribution is -2.18. The molecule has 0 fully saturated rings. The zero-order valence-corrected chi connectivity index (χ0v) is 12.8. The summed E-state index contributed by atoms with van der Waals surface area (Å²) >= 11 is 0. The van der Waals surface area contributed by atoms with Crippen molar-refractivity contribution < 1.29 is 14.6 Å². The van der Waals surface area contributed by atoms with Crippen LogP contribution >= 0.6 is 0 Å². The second kappa shape index (κ2) is 6.30. The van der Waals surface area contributed by atoms with Crippen molar-refractivity contribution in [1.29, 1.82) is 5.26 Å². The minimum atomic E-state index is -0.997. The number of aliphatic hydroxyl groups excluding tert-OH is 1. The maximum absolute atomic E-state index is 11.9. The van der Waals surface area contributed by atoms with E-state index in [9.17, 15) is 15.2 Å². The molecule has 7 heteroatoms. The first-order valence-electron chi connectivity index (χ1n) is 7.23. The monoisotopic (exact) mass is 322 g/mol. The van der Waals surface area contributed by atoms with Crippen molar-refractivity contribution in [3.05, 3.63) is 59.9 Å². The first-order valence-corrected chi connectivity index (χ1v) is 7.23. The van der Waals surface area contributed by atoms with Gasteiger partial charge in [0, 0.05) is 6.20 Å². The van der Waals surface area contributed by atoms with E-state index in [1.165, 1.54) is 6.92 Å². The molecule has 1 aromatic carbocycles. The summed E-state index contributed by atoms with van der Waals surface area (Å²) in [6.07, 6.45) is 0.593. The van der Waals surface area contributed by atoms with Gasteiger partial charge in [-0.15, -0.1) is 0 Å². The van der Waals surface area contributed by atoms with Gasteiger partial charge >= 0.3 is 5.97 Å². The number of nitrogens with zero attached hydrogens (tertiary/aromatic N) is 2. The quantitative estimate of drug-likeness (QED) is 0.388. The lowest BCUT2D eigenvalue weighted by molar-refractivity contribution is 0.0328. The van der Waals surface area contributed by atoms with Gasteiger partial charge in [0.2, 0.25) is 0 Å². The number of hydrogen-bond donors (Lipinski definition) is 3. The summed E-state index contributed by atoms with van der Waals surface area (Å²) in [4.78, 5) is 21.9. The summed E-state index contributed by atoms with van der Waals surface area (Å²) in [5.41, 5.74) is 1.60. The number of aromatic amines is 2. The van der Waals surface area contributed by atoms with Crippen molar-refractivity contribution in [2.75, 3.05) is 0 Å². The standard InChI is InChI=1S/C17H14N4O3/c1-10(24-17(23)14-7-4-8-19-14)15(22)11(9-18)16-20-12-5-2-3-6-13(12)21-16/h2-8,10,19,22H,1H3,(H,20,21)/b15-11-/t10-/m1/s1. The first kappa shape index (κ1) is 15.4. The van der Waals surface area contributed by atoms with Crippen LogP contribution in [0.15, 0.2) is 48.4 Å². The number of allylic oxidation sites excluding steroid dienone is 1. The van der Waals surface area contributed by atoms with Crippen LogP contribution in [0.1, 0.15) is 23.2 Å². The number of fused-ring (bicyclic) bond motifs is 1. The van der Waals surface area contributed by atoms with Crippen LogP contribution in [0.4, 0.5) is 0 Å². The van der Waals surface area contributed by atoms with Gasteiger partial charge < -0.3 is 19.8 Å². The molecular weight excluding hydrogens is 308 g/mol. The molecule has 3 rings (SSSR count). The van der Waals surface area contributed by atoms with Crippen LogP contribution in [0.5, 0.6) is 0 Å². The number of carbonyl (C=O) groups excluding carboxylic acids is 1. The molecule has 120 valence electrons. The largest absolute Gasteiger partial charge is 0.507 e. The number of benzene rings is 1. The third-order valence-corrected chi connectivity index (χ3v) is 3.48. The lowest BCUT2D eigenvalue weighted by Gasteiger charge is -2.13. The van der Waals surface area contributed by atoms with E-state index in [1.807, 2.05) is 24.3 Å². The van der Waals surface area contributed by atoms with Crippen molar-refractivity contribution in [2.24, 2.45) is 0 Å². The van der Waals surface area contributed by atoms with E-state index in [2.05, 4.69) is 15.0 Å². The van der Waals surface area contributed by atoms with Crippen LogP contribution < -0.4 is 0 Å². The van der Waals surface area contributed by atoms with Gasteiger partial charge in [-0.2, -0.15) is 5.26 Å². The predicted octanol–water partition coefficient (Wildman–Crippen LogP) is 2.93. The average molecular weight is 322 g/mol. The highest BCUT2D eigenvalue weighted by atomic mass is 16.6. The molecule has 1 atom stereocenters. The highest BCUT2D eigenvalue weighted by Crippen LogP contribution is 2.21.